The number of amides is 1. The topological polar surface area (TPSA) is 55.1 Å². The highest BCUT2D eigenvalue weighted by atomic mass is 19.4. The summed E-state index contributed by atoms with van der Waals surface area (Å²) >= 11 is 0. The van der Waals surface area contributed by atoms with Gasteiger partial charge in [-0.05, 0) is 30.0 Å². The van der Waals surface area contributed by atoms with E-state index >= 15 is 0 Å². The van der Waals surface area contributed by atoms with E-state index in [2.05, 4.69) is 5.32 Å². The van der Waals surface area contributed by atoms with E-state index in [0.717, 1.165) is 12.1 Å². The van der Waals surface area contributed by atoms with Crippen molar-refractivity contribution in [2.24, 2.45) is 11.8 Å². The molecule has 1 aromatic carbocycles. The fraction of sp³-hybridized carbons (Fsp3) is 0.500. The Kier molecular flexibility index (Phi) is 5.03. The van der Waals surface area contributed by atoms with Gasteiger partial charge in [0.25, 0.3) is 5.91 Å². The number of anilines is 1. The van der Waals surface area contributed by atoms with Crippen LogP contribution in [-0.4, -0.2) is 12.5 Å². The van der Waals surface area contributed by atoms with E-state index in [4.69, 9.17) is 5.73 Å². The van der Waals surface area contributed by atoms with Gasteiger partial charge in [-0.2, -0.15) is 13.2 Å². The van der Waals surface area contributed by atoms with E-state index in [0.29, 0.717) is 12.5 Å². The third kappa shape index (κ3) is 4.15. The molecule has 3 N–H and O–H groups in total. The monoisotopic (exact) mass is 288 g/mol. The van der Waals surface area contributed by atoms with Crippen molar-refractivity contribution in [1.29, 1.82) is 0 Å². The first-order chi connectivity index (χ1) is 9.12. The summed E-state index contributed by atoms with van der Waals surface area (Å²) in [4.78, 5) is 11.8. The third-order valence-electron chi connectivity index (χ3n) is 3.34. The van der Waals surface area contributed by atoms with E-state index in [1.807, 2.05) is 20.8 Å². The van der Waals surface area contributed by atoms with Gasteiger partial charge in [-0.1, -0.05) is 20.8 Å². The number of nitrogens with one attached hydrogen (secondary N) is 1. The highest BCUT2D eigenvalue weighted by Gasteiger charge is 2.33. The second-order valence-electron chi connectivity index (χ2n) is 5.23. The third-order valence-corrected chi connectivity index (χ3v) is 3.34. The van der Waals surface area contributed by atoms with Crippen molar-refractivity contribution in [3.8, 4) is 0 Å². The Morgan fingerprint density at radius 1 is 1.30 bits per heavy atom. The maximum Gasteiger partial charge on any atom is 0.418 e. The highest BCUT2D eigenvalue weighted by Crippen LogP contribution is 2.33. The summed E-state index contributed by atoms with van der Waals surface area (Å²) in [5, 5.41) is 2.63. The minimum absolute atomic E-state index is 0.0394. The normalized spacial score (nSPS) is 13.3. The molecule has 6 heteroatoms. The fourth-order valence-electron chi connectivity index (χ4n) is 1.53. The van der Waals surface area contributed by atoms with Crippen LogP contribution in [0.2, 0.25) is 0 Å². The summed E-state index contributed by atoms with van der Waals surface area (Å²) in [6.45, 7) is 6.42. The van der Waals surface area contributed by atoms with Crippen molar-refractivity contribution in [1.82, 2.24) is 5.32 Å². The van der Waals surface area contributed by atoms with E-state index < -0.39 is 17.6 Å². The number of hydrogen-bond acceptors (Lipinski definition) is 2. The van der Waals surface area contributed by atoms with E-state index in [1.165, 1.54) is 6.07 Å². The van der Waals surface area contributed by atoms with Crippen molar-refractivity contribution in [2.45, 2.75) is 26.9 Å². The van der Waals surface area contributed by atoms with Gasteiger partial charge >= 0.3 is 6.18 Å². The fourth-order valence-corrected chi connectivity index (χ4v) is 1.53. The van der Waals surface area contributed by atoms with Crippen molar-refractivity contribution in [3.05, 3.63) is 29.3 Å². The first kappa shape index (κ1) is 16.3. The van der Waals surface area contributed by atoms with Gasteiger partial charge in [0, 0.05) is 17.8 Å². The minimum atomic E-state index is -4.56. The number of carbonyl (C=O) groups excluding carboxylic acids is 1. The van der Waals surface area contributed by atoms with Crippen molar-refractivity contribution < 1.29 is 18.0 Å². The number of carbonyl (C=O) groups is 1. The Balaban J connectivity index is 2.85. The van der Waals surface area contributed by atoms with Crippen LogP contribution in [0.5, 0.6) is 0 Å². The molecule has 0 aliphatic rings. The number of nitrogen functional groups attached to an aromatic ring is 1. The van der Waals surface area contributed by atoms with Crippen molar-refractivity contribution in [2.75, 3.05) is 12.3 Å². The molecule has 1 unspecified atom stereocenters. The molecule has 0 aliphatic carbocycles. The van der Waals surface area contributed by atoms with E-state index in [-0.39, 0.29) is 17.2 Å². The predicted octanol–water partition coefficient (Wildman–Crippen LogP) is 3.31. The Hall–Kier alpha value is -1.72. The Morgan fingerprint density at radius 3 is 2.40 bits per heavy atom. The Labute approximate surface area is 116 Å². The molecule has 0 spiro atoms. The SMILES string of the molecule is CC(C)C(C)CNC(=O)c1ccc(N)c(C(F)(F)F)c1. The largest absolute Gasteiger partial charge is 0.418 e. The molecule has 0 aromatic heterocycles. The van der Waals surface area contributed by atoms with Gasteiger partial charge in [0.15, 0.2) is 0 Å². The smallest absolute Gasteiger partial charge is 0.398 e. The summed E-state index contributed by atoms with van der Waals surface area (Å²) in [7, 11) is 0. The number of nitrogens with two attached hydrogens (primary N) is 1. The van der Waals surface area contributed by atoms with Crippen LogP contribution in [0.15, 0.2) is 18.2 Å². The quantitative estimate of drug-likeness (QED) is 0.835. The van der Waals surface area contributed by atoms with Gasteiger partial charge in [-0.25, -0.2) is 0 Å². The molecular weight excluding hydrogens is 269 g/mol. The standard InChI is InChI=1S/C14H19F3N2O/c1-8(2)9(3)7-19-13(20)10-4-5-12(18)11(6-10)14(15,16)17/h4-6,8-9H,7,18H2,1-3H3,(H,19,20). The zero-order valence-electron chi connectivity index (χ0n) is 11.7. The summed E-state index contributed by atoms with van der Waals surface area (Å²) < 4.78 is 38.1. The molecule has 0 saturated heterocycles. The summed E-state index contributed by atoms with van der Waals surface area (Å²) in [6.07, 6.45) is -4.56. The molecule has 1 atom stereocenters. The van der Waals surface area contributed by atoms with Gasteiger partial charge in [0.2, 0.25) is 0 Å². The van der Waals surface area contributed by atoms with Crippen molar-refractivity contribution >= 4 is 11.6 Å². The highest BCUT2D eigenvalue weighted by molar-refractivity contribution is 5.94. The molecule has 1 rings (SSSR count). The predicted molar refractivity (Wildman–Crippen MR) is 72.2 cm³/mol. The Bertz CT molecular complexity index is 484. The molecule has 0 radical (unpaired) electrons. The average molecular weight is 288 g/mol. The van der Waals surface area contributed by atoms with Gasteiger partial charge in [-0.15, -0.1) is 0 Å². The van der Waals surface area contributed by atoms with Gasteiger partial charge in [0.05, 0.1) is 5.56 Å². The lowest BCUT2D eigenvalue weighted by atomic mass is 9.98. The van der Waals surface area contributed by atoms with Gasteiger partial charge in [0.1, 0.15) is 0 Å². The summed E-state index contributed by atoms with van der Waals surface area (Å²) in [5.74, 6) is 0.102. The number of alkyl halides is 3. The molecule has 112 valence electrons. The van der Waals surface area contributed by atoms with E-state index in [9.17, 15) is 18.0 Å². The minimum Gasteiger partial charge on any atom is -0.398 e. The molecule has 0 bridgehead atoms. The lowest BCUT2D eigenvalue weighted by molar-refractivity contribution is -0.136. The molecule has 0 saturated carbocycles. The maximum absolute atomic E-state index is 12.7. The second-order valence-corrected chi connectivity index (χ2v) is 5.23. The Morgan fingerprint density at radius 2 is 1.90 bits per heavy atom. The zero-order chi connectivity index (χ0) is 15.5. The molecule has 0 fully saturated rings. The first-order valence-electron chi connectivity index (χ1n) is 6.37. The molecule has 3 nitrogen and oxygen atoms in total. The number of rotatable bonds is 4. The van der Waals surface area contributed by atoms with Crippen LogP contribution in [0.3, 0.4) is 0 Å². The van der Waals surface area contributed by atoms with Crippen LogP contribution in [-0.2, 0) is 6.18 Å². The molecule has 0 aliphatic heterocycles. The van der Waals surface area contributed by atoms with Crippen LogP contribution in [0.4, 0.5) is 18.9 Å². The van der Waals surface area contributed by atoms with Gasteiger partial charge in [-0.3, -0.25) is 4.79 Å². The lowest BCUT2D eigenvalue weighted by Crippen LogP contribution is -2.30. The van der Waals surface area contributed by atoms with E-state index in [1.54, 1.807) is 0 Å². The van der Waals surface area contributed by atoms with Gasteiger partial charge < -0.3 is 11.1 Å². The van der Waals surface area contributed by atoms with Crippen LogP contribution >= 0.6 is 0 Å². The zero-order valence-corrected chi connectivity index (χ0v) is 11.7. The maximum atomic E-state index is 12.7. The summed E-state index contributed by atoms with van der Waals surface area (Å²) in [5.41, 5.74) is 3.88. The number of halogens is 3. The molecule has 20 heavy (non-hydrogen) atoms. The number of hydrogen-bond donors (Lipinski definition) is 2. The molecule has 1 aromatic rings. The lowest BCUT2D eigenvalue weighted by Gasteiger charge is -2.16. The van der Waals surface area contributed by atoms with Crippen LogP contribution < -0.4 is 11.1 Å². The van der Waals surface area contributed by atoms with Crippen LogP contribution in [0.25, 0.3) is 0 Å². The van der Waals surface area contributed by atoms with Crippen molar-refractivity contribution in [3.63, 3.8) is 0 Å². The molecule has 0 heterocycles. The first-order valence-corrected chi connectivity index (χ1v) is 6.37. The number of benzene rings is 1. The average Bonchev–Trinajstić information content (AvgIpc) is 2.34. The molecular formula is C14H19F3N2O. The van der Waals surface area contributed by atoms with Crippen LogP contribution in [0, 0.1) is 11.8 Å². The summed E-state index contributed by atoms with van der Waals surface area (Å²) in [6, 6.07) is 3.17. The molecule has 1 amide bonds. The second kappa shape index (κ2) is 6.15. The van der Waals surface area contributed by atoms with Crippen LogP contribution in [0.1, 0.15) is 36.7 Å².